The van der Waals surface area contributed by atoms with Gasteiger partial charge in [0.25, 0.3) is 0 Å². The van der Waals surface area contributed by atoms with E-state index in [1.165, 1.54) is 12.8 Å². The first-order valence-corrected chi connectivity index (χ1v) is 11.7. The van der Waals surface area contributed by atoms with Crippen LogP contribution in [-0.2, 0) is 11.3 Å². The molecule has 0 spiro atoms. The van der Waals surface area contributed by atoms with Gasteiger partial charge in [-0.2, -0.15) is 0 Å². The van der Waals surface area contributed by atoms with Gasteiger partial charge in [0.05, 0.1) is 6.54 Å². The van der Waals surface area contributed by atoms with E-state index in [0.717, 1.165) is 56.1 Å². The van der Waals surface area contributed by atoms with E-state index in [1.54, 1.807) is 12.1 Å². The lowest BCUT2D eigenvalue weighted by Crippen LogP contribution is -2.44. The number of benzene rings is 1. The second-order valence-electron chi connectivity index (χ2n) is 9.69. The standard InChI is InChI=1S/C26H35FN2O2/c1-18(2)29(26(30)21-6-4-5-7-21)15-22-14-28(16-24-13-8-19(3)31-24)17-25(22)20-9-11-23(27)12-10-20/h8-13,18,21-22,25H,4-7,14-17H2,1-3H3/t22-,25+/m1/s1. The Balaban J connectivity index is 1.53. The van der Waals surface area contributed by atoms with Crippen LogP contribution in [0, 0.1) is 24.6 Å². The third-order valence-corrected chi connectivity index (χ3v) is 7.03. The minimum atomic E-state index is -0.207. The third-order valence-electron chi connectivity index (χ3n) is 7.03. The predicted molar refractivity (Wildman–Crippen MR) is 120 cm³/mol. The average molecular weight is 427 g/mol. The average Bonchev–Trinajstić information content (AvgIpc) is 3.48. The highest BCUT2D eigenvalue weighted by atomic mass is 19.1. The molecule has 2 heterocycles. The van der Waals surface area contributed by atoms with Gasteiger partial charge < -0.3 is 9.32 Å². The Kier molecular flexibility index (Phi) is 6.80. The zero-order chi connectivity index (χ0) is 22.0. The van der Waals surface area contributed by atoms with Gasteiger partial charge in [0.15, 0.2) is 0 Å². The zero-order valence-electron chi connectivity index (χ0n) is 19.0. The molecule has 4 nitrogen and oxygen atoms in total. The van der Waals surface area contributed by atoms with Crippen molar-refractivity contribution in [2.75, 3.05) is 19.6 Å². The Bertz CT molecular complexity index is 870. The summed E-state index contributed by atoms with van der Waals surface area (Å²) >= 11 is 0. The summed E-state index contributed by atoms with van der Waals surface area (Å²) in [7, 11) is 0. The lowest BCUT2D eigenvalue weighted by atomic mass is 9.88. The summed E-state index contributed by atoms with van der Waals surface area (Å²) in [6.07, 6.45) is 4.39. The Labute approximate surface area is 185 Å². The number of aryl methyl sites for hydroxylation is 1. The second kappa shape index (κ2) is 9.56. The molecule has 2 atom stereocenters. The first kappa shape index (κ1) is 22.1. The lowest BCUT2D eigenvalue weighted by molar-refractivity contribution is -0.137. The van der Waals surface area contributed by atoms with Gasteiger partial charge >= 0.3 is 0 Å². The van der Waals surface area contributed by atoms with E-state index in [-0.39, 0.29) is 23.7 Å². The number of carbonyl (C=O) groups is 1. The van der Waals surface area contributed by atoms with Crippen LogP contribution in [0.25, 0.3) is 0 Å². The van der Waals surface area contributed by atoms with Gasteiger partial charge in [-0.3, -0.25) is 9.69 Å². The fourth-order valence-electron chi connectivity index (χ4n) is 5.37. The van der Waals surface area contributed by atoms with Crippen molar-refractivity contribution < 1.29 is 13.6 Å². The van der Waals surface area contributed by atoms with Crippen molar-refractivity contribution in [3.8, 4) is 0 Å². The molecule has 4 rings (SSSR count). The molecule has 31 heavy (non-hydrogen) atoms. The van der Waals surface area contributed by atoms with E-state index in [0.29, 0.717) is 11.8 Å². The molecule has 0 N–H and O–H groups in total. The van der Waals surface area contributed by atoms with E-state index in [4.69, 9.17) is 4.42 Å². The first-order chi connectivity index (χ1) is 14.9. The van der Waals surface area contributed by atoms with Gasteiger partial charge in [0, 0.05) is 37.5 Å². The molecule has 0 radical (unpaired) electrons. The summed E-state index contributed by atoms with van der Waals surface area (Å²) in [5.74, 6) is 2.79. The molecule has 1 aliphatic heterocycles. The summed E-state index contributed by atoms with van der Waals surface area (Å²) in [5, 5.41) is 0. The summed E-state index contributed by atoms with van der Waals surface area (Å²) in [6, 6.07) is 11.1. The molecule has 2 aromatic rings. The minimum absolute atomic E-state index is 0.184. The van der Waals surface area contributed by atoms with Crippen LogP contribution < -0.4 is 0 Å². The molecular weight excluding hydrogens is 391 g/mol. The first-order valence-electron chi connectivity index (χ1n) is 11.7. The maximum Gasteiger partial charge on any atom is 0.225 e. The molecule has 168 valence electrons. The molecule has 2 aliphatic rings. The maximum absolute atomic E-state index is 13.6. The van der Waals surface area contributed by atoms with E-state index < -0.39 is 0 Å². The van der Waals surface area contributed by atoms with Crippen LogP contribution in [0.4, 0.5) is 4.39 Å². The van der Waals surface area contributed by atoms with Crippen LogP contribution in [-0.4, -0.2) is 41.4 Å². The highest BCUT2D eigenvalue weighted by molar-refractivity contribution is 5.79. The van der Waals surface area contributed by atoms with Crippen molar-refractivity contribution in [3.05, 3.63) is 59.3 Å². The van der Waals surface area contributed by atoms with Gasteiger partial charge in [-0.05, 0) is 69.4 Å². The molecule has 1 saturated heterocycles. The van der Waals surface area contributed by atoms with E-state index in [2.05, 4.69) is 23.6 Å². The van der Waals surface area contributed by atoms with Crippen LogP contribution in [0.3, 0.4) is 0 Å². The Hall–Kier alpha value is -2.14. The minimum Gasteiger partial charge on any atom is -0.465 e. The lowest BCUT2D eigenvalue weighted by Gasteiger charge is -2.33. The van der Waals surface area contributed by atoms with Crippen LogP contribution in [0.5, 0.6) is 0 Å². The number of rotatable bonds is 7. The molecular formula is C26H35FN2O2. The Morgan fingerprint density at radius 2 is 1.84 bits per heavy atom. The number of hydrogen-bond acceptors (Lipinski definition) is 3. The molecule has 1 aromatic heterocycles. The van der Waals surface area contributed by atoms with Crippen molar-refractivity contribution in [1.29, 1.82) is 0 Å². The topological polar surface area (TPSA) is 36.7 Å². The van der Waals surface area contributed by atoms with Crippen LogP contribution in [0.15, 0.2) is 40.8 Å². The molecule has 1 aliphatic carbocycles. The smallest absolute Gasteiger partial charge is 0.225 e. The number of likely N-dealkylation sites (tertiary alicyclic amines) is 1. The van der Waals surface area contributed by atoms with E-state index >= 15 is 0 Å². The zero-order valence-corrected chi connectivity index (χ0v) is 19.0. The van der Waals surface area contributed by atoms with Gasteiger partial charge in [0.1, 0.15) is 17.3 Å². The van der Waals surface area contributed by atoms with Crippen molar-refractivity contribution in [2.45, 2.75) is 65.0 Å². The number of amides is 1. The van der Waals surface area contributed by atoms with E-state index in [1.807, 2.05) is 31.2 Å². The molecule has 1 aromatic carbocycles. The highest BCUT2D eigenvalue weighted by Crippen LogP contribution is 2.36. The van der Waals surface area contributed by atoms with Crippen molar-refractivity contribution >= 4 is 5.91 Å². The monoisotopic (exact) mass is 426 g/mol. The quantitative estimate of drug-likeness (QED) is 0.597. The summed E-state index contributed by atoms with van der Waals surface area (Å²) in [6.45, 7) is 9.52. The highest BCUT2D eigenvalue weighted by Gasteiger charge is 2.38. The van der Waals surface area contributed by atoms with E-state index in [9.17, 15) is 9.18 Å². The fourth-order valence-corrected chi connectivity index (χ4v) is 5.37. The number of nitrogens with zero attached hydrogens (tertiary/aromatic N) is 2. The number of halogens is 1. The van der Waals surface area contributed by atoms with Gasteiger partial charge in [0.2, 0.25) is 5.91 Å². The molecule has 2 fully saturated rings. The maximum atomic E-state index is 13.6. The predicted octanol–water partition coefficient (Wildman–Crippen LogP) is 5.37. The van der Waals surface area contributed by atoms with Crippen molar-refractivity contribution in [1.82, 2.24) is 9.80 Å². The van der Waals surface area contributed by atoms with Gasteiger partial charge in [-0.25, -0.2) is 4.39 Å². The Morgan fingerprint density at radius 1 is 1.13 bits per heavy atom. The van der Waals surface area contributed by atoms with Crippen LogP contribution >= 0.6 is 0 Å². The van der Waals surface area contributed by atoms with Crippen molar-refractivity contribution in [2.24, 2.45) is 11.8 Å². The molecule has 1 saturated carbocycles. The fraction of sp³-hybridized carbons (Fsp3) is 0.577. The van der Waals surface area contributed by atoms with Gasteiger partial charge in [-0.15, -0.1) is 0 Å². The van der Waals surface area contributed by atoms with Gasteiger partial charge in [-0.1, -0.05) is 25.0 Å². The third kappa shape index (κ3) is 5.20. The molecule has 0 bridgehead atoms. The number of furan rings is 1. The number of hydrogen-bond donors (Lipinski definition) is 0. The largest absolute Gasteiger partial charge is 0.465 e. The summed E-state index contributed by atoms with van der Waals surface area (Å²) < 4.78 is 19.4. The van der Waals surface area contributed by atoms with Crippen LogP contribution in [0.1, 0.15) is 62.5 Å². The number of carbonyl (C=O) groups excluding carboxylic acids is 1. The normalized spacial score (nSPS) is 22.5. The summed E-state index contributed by atoms with van der Waals surface area (Å²) in [5.41, 5.74) is 1.15. The second-order valence-corrected chi connectivity index (χ2v) is 9.69. The SMILES string of the molecule is Cc1ccc(CN2C[C@H](CN(C(=O)C3CCCC3)C(C)C)[C@H](c3ccc(F)cc3)C2)o1. The molecule has 0 unspecified atom stereocenters. The molecule has 5 heteroatoms. The van der Waals surface area contributed by atoms with Crippen LogP contribution in [0.2, 0.25) is 0 Å². The Morgan fingerprint density at radius 3 is 2.45 bits per heavy atom. The van der Waals surface area contributed by atoms with Crippen molar-refractivity contribution in [3.63, 3.8) is 0 Å². The summed E-state index contributed by atoms with van der Waals surface area (Å²) in [4.78, 5) is 17.8. The molecule has 1 amide bonds.